The predicted octanol–water partition coefficient (Wildman–Crippen LogP) is 7.98. The monoisotopic (exact) mass is 362 g/mol. The summed E-state index contributed by atoms with van der Waals surface area (Å²) in [5.74, 6) is -0.662. The molecule has 1 aliphatic carbocycles. The molecule has 0 atom stereocenters. The van der Waals surface area contributed by atoms with Crippen LogP contribution in [-0.4, -0.2) is 11.1 Å². The molecule has 0 spiro atoms. The fraction of sp³-hybridized carbons (Fsp3) is 0.792. The molecule has 1 aliphatic rings. The Kier molecular flexibility index (Phi) is 15.4. The summed E-state index contributed by atoms with van der Waals surface area (Å²) < 4.78 is 0. The lowest BCUT2D eigenvalue weighted by molar-refractivity contribution is -0.137. The van der Waals surface area contributed by atoms with E-state index in [4.69, 9.17) is 5.11 Å². The second kappa shape index (κ2) is 17.4. The van der Waals surface area contributed by atoms with Crippen molar-refractivity contribution in [2.24, 2.45) is 0 Å². The van der Waals surface area contributed by atoms with Gasteiger partial charge >= 0.3 is 5.97 Å². The molecule has 0 unspecified atom stereocenters. The lowest BCUT2D eigenvalue weighted by Gasteiger charge is -2.12. The number of carboxylic acid groups (broad SMARTS) is 1. The first-order chi connectivity index (χ1) is 12.8. The maximum Gasteiger partial charge on any atom is 0.303 e. The molecule has 1 N–H and O–H groups in total. The highest BCUT2D eigenvalue weighted by Crippen LogP contribution is 2.22. The Morgan fingerprint density at radius 3 is 1.96 bits per heavy atom. The number of aliphatic carboxylic acids is 1. The standard InChI is InChI=1S/C24H42O2/c25-24(26)22-18-13-11-9-7-5-3-1-2-4-6-8-10-12-15-19-23-20-16-14-17-21-23/h1,3,20H,2,4-19,21-22H2,(H,25,26). The molecule has 150 valence electrons. The summed E-state index contributed by atoms with van der Waals surface area (Å²) >= 11 is 0. The minimum absolute atomic E-state index is 0.331. The molecule has 26 heavy (non-hydrogen) atoms. The zero-order chi connectivity index (χ0) is 18.7. The summed E-state index contributed by atoms with van der Waals surface area (Å²) in [5, 5.41) is 8.57. The fourth-order valence-electron chi connectivity index (χ4n) is 3.76. The zero-order valence-corrected chi connectivity index (χ0v) is 17.0. The van der Waals surface area contributed by atoms with E-state index in [1.54, 1.807) is 5.57 Å². The molecule has 0 aromatic carbocycles. The Hall–Kier alpha value is -1.05. The van der Waals surface area contributed by atoms with E-state index in [0.29, 0.717) is 6.42 Å². The van der Waals surface area contributed by atoms with Gasteiger partial charge in [-0.15, -0.1) is 0 Å². The van der Waals surface area contributed by atoms with Crippen LogP contribution >= 0.6 is 0 Å². The third-order valence-corrected chi connectivity index (χ3v) is 5.43. The molecule has 1 rings (SSSR count). The maximum atomic E-state index is 10.4. The van der Waals surface area contributed by atoms with Crippen LogP contribution in [0, 0.1) is 0 Å². The van der Waals surface area contributed by atoms with Crippen LogP contribution in [0.1, 0.15) is 122 Å². The molecule has 0 saturated heterocycles. The third-order valence-electron chi connectivity index (χ3n) is 5.43. The maximum absolute atomic E-state index is 10.4. The van der Waals surface area contributed by atoms with Crippen molar-refractivity contribution in [2.45, 2.75) is 122 Å². The van der Waals surface area contributed by atoms with Gasteiger partial charge in [0.1, 0.15) is 0 Å². The van der Waals surface area contributed by atoms with Gasteiger partial charge in [0.05, 0.1) is 0 Å². The highest BCUT2D eigenvalue weighted by molar-refractivity contribution is 5.66. The largest absolute Gasteiger partial charge is 0.481 e. The Morgan fingerprint density at radius 1 is 0.808 bits per heavy atom. The van der Waals surface area contributed by atoms with Crippen LogP contribution in [0.3, 0.4) is 0 Å². The molecule has 0 radical (unpaired) electrons. The molecular formula is C24H42O2. The Labute approximate surface area is 162 Å². The van der Waals surface area contributed by atoms with E-state index in [9.17, 15) is 4.79 Å². The number of carbonyl (C=O) groups is 1. The van der Waals surface area contributed by atoms with Crippen molar-refractivity contribution < 1.29 is 9.90 Å². The number of allylic oxidation sites excluding steroid dienone is 4. The topological polar surface area (TPSA) is 37.3 Å². The van der Waals surface area contributed by atoms with E-state index in [2.05, 4.69) is 18.2 Å². The molecule has 0 fully saturated rings. The van der Waals surface area contributed by atoms with E-state index in [-0.39, 0.29) is 0 Å². The van der Waals surface area contributed by atoms with Gasteiger partial charge < -0.3 is 5.11 Å². The van der Waals surface area contributed by atoms with Crippen LogP contribution in [0.5, 0.6) is 0 Å². The number of carboxylic acids is 1. The first-order valence-corrected chi connectivity index (χ1v) is 11.3. The molecule has 0 bridgehead atoms. The number of hydrogen-bond donors (Lipinski definition) is 1. The summed E-state index contributed by atoms with van der Waals surface area (Å²) in [6.07, 6.45) is 30.8. The predicted molar refractivity (Wildman–Crippen MR) is 113 cm³/mol. The van der Waals surface area contributed by atoms with Crippen LogP contribution < -0.4 is 0 Å². The Morgan fingerprint density at radius 2 is 1.38 bits per heavy atom. The molecule has 0 aromatic rings. The molecule has 2 nitrogen and oxygen atoms in total. The number of rotatable bonds is 17. The molecule has 0 saturated carbocycles. The van der Waals surface area contributed by atoms with Gasteiger partial charge in [-0.25, -0.2) is 0 Å². The lowest BCUT2D eigenvalue weighted by atomic mass is 9.95. The first-order valence-electron chi connectivity index (χ1n) is 11.3. The Balaban J connectivity index is 1.74. The van der Waals surface area contributed by atoms with Crippen molar-refractivity contribution in [3.8, 4) is 0 Å². The zero-order valence-electron chi connectivity index (χ0n) is 17.0. The van der Waals surface area contributed by atoms with Crippen LogP contribution in [0.4, 0.5) is 0 Å². The van der Waals surface area contributed by atoms with Gasteiger partial charge in [-0.3, -0.25) is 4.79 Å². The minimum atomic E-state index is -0.662. The molecule has 2 heteroatoms. The molecule has 0 amide bonds. The van der Waals surface area contributed by atoms with Gasteiger partial charge in [0.2, 0.25) is 0 Å². The van der Waals surface area contributed by atoms with E-state index in [0.717, 1.165) is 12.8 Å². The molecule has 0 aliphatic heterocycles. The second-order valence-electron chi connectivity index (χ2n) is 7.94. The average Bonchev–Trinajstić information content (AvgIpc) is 2.65. The first kappa shape index (κ1) is 23.0. The molecule has 0 heterocycles. The van der Waals surface area contributed by atoms with E-state index in [1.807, 2.05) is 0 Å². The van der Waals surface area contributed by atoms with E-state index >= 15 is 0 Å². The SMILES string of the molecule is O=C(O)CCCCCCCC=CCCCCCCCCC1=CCCCC1. The number of hydrogen-bond acceptors (Lipinski definition) is 1. The van der Waals surface area contributed by atoms with E-state index in [1.165, 1.54) is 103 Å². The molecule has 0 aromatic heterocycles. The van der Waals surface area contributed by atoms with Crippen molar-refractivity contribution in [1.82, 2.24) is 0 Å². The highest BCUT2D eigenvalue weighted by Gasteiger charge is 2.02. The normalized spacial score (nSPS) is 14.7. The van der Waals surface area contributed by atoms with Crippen LogP contribution in [0.15, 0.2) is 23.8 Å². The van der Waals surface area contributed by atoms with E-state index < -0.39 is 5.97 Å². The smallest absolute Gasteiger partial charge is 0.303 e. The lowest BCUT2D eigenvalue weighted by Crippen LogP contribution is -1.93. The summed E-state index contributed by atoms with van der Waals surface area (Å²) in [5.41, 5.74) is 1.74. The van der Waals surface area contributed by atoms with Crippen molar-refractivity contribution >= 4 is 5.97 Å². The van der Waals surface area contributed by atoms with Crippen LogP contribution in [0.25, 0.3) is 0 Å². The van der Waals surface area contributed by atoms with Crippen LogP contribution in [0.2, 0.25) is 0 Å². The van der Waals surface area contributed by atoms with Gasteiger partial charge in [-0.2, -0.15) is 0 Å². The van der Waals surface area contributed by atoms with Crippen molar-refractivity contribution in [1.29, 1.82) is 0 Å². The highest BCUT2D eigenvalue weighted by atomic mass is 16.4. The van der Waals surface area contributed by atoms with Crippen LogP contribution in [-0.2, 0) is 4.79 Å². The Bertz CT molecular complexity index is 395. The average molecular weight is 363 g/mol. The van der Waals surface area contributed by atoms with Crippen molar-refractivity contribution in [2.75, 3.05) is 0 Å². The summed E-state index contributed by atoms with van der Waals surface area (Å²) in [7, 11) is 0. The number of unbranched alkanes of at least 4 members (excludes halogenated alkanes) is 11. The van der Waals surface area contributed by atoms with Crippen molar-refractivity contribution in [3.05, 3.63) is 23.8 Å². The fourth-order valence-corrected chi connectivity index (χ4v) is 3.76. The third kappa shape index (κ3) is 15.2. The van der Waals surface area contributed by atoms with Gasteiger partial charge in [0, 0.05) is 6.42 Å². The second-order valence-corrected chi connectivity index (χ2v) is 7.94. The molecular weight excluding hydrogens is 320 g/mol. The van der Waals surface area contributed by atoms with Gasteiger partial charge in [-0.05, 0) is 70.6 Å². The quantitative estimate of drug-likeness (QED) is 0.210. The van der Waals surface area contributed by atoms with Crippen molar-refractivity contribution in [3.63, 3.8) is 0 Å². The minimum Gasteiger partial charge on any atom is -0.481 e. The summed E-state index contributed by atoms with van der Waals surface area (Å²) in [6, 6.07) is 0. The summed E-state index contributed by atoms with van der Waals surface area (Å²) in [6.45, 7) is 0. The van der Waals surface area contributed by atoms with Gasteiger partial charge in [-0.1, -0.05) is 68.7 Å². The van der Waals surface area contributed by atoms with Gasteiger partial charge in [0.25, 0.3) is 0 Å². The van der Waals surface area contributed by atoms with Gasteiger partial charge in [0.15, 0.2) is 0 Å². The summed E-state index contributed by atoms with van der Waals surface area (Å²) in [4.78, 5) is 10.4.